The number of ether oxygens (including phenoxy) is 2. The normalized spacial score (nSPS) is 11.0. The van der Waals surface area contributed by atoms with Crippen LogP contribution in [0.4, 0.5) is 0 Å². The molecule has 0 aliphatic carbocycles. The average Bonchev–Trinajstić information content (AvgIpc) is 3.19. The minimum absolute atomic E-state index is 0.193. The van der Waals surface area contributed by atoms with Crippen LogP contribution in [0.25, 0.3) is 22.0 Å². The molecule has 0 saturated heterocycles. The first-order valence-electron chi connectivity index (χ1n) is 10.8. The molecule has 0 saturated carbocycles. The van der Waals surface area contributed by atoms with Gasteiger partial charge in [-0.15, -0.1) is 0 Å². The van der Waals surface area contributed by atoms with E-state index in [1.807, 2.05) is 36.4 Å². The van der Waals surface area contributed by atoms with Crippen molar-refractivity contribution in [3.05, 3.63) is 89.6 Å². The molecule has 0 spiro atoms. The number of fused-ring (bicyclic) bond motifs is 1. The third-order valence-corrected chi connectivity index (χ3v) is 5.51. The lowest BCUT2D eigenvalue weighted by Crippen LogP contribution is -2.09. The molecule has 0 fully saturated rings. The Kier molecular flexibility index (Phi) is 6.57. The highest BCUT2D eigenvalue weighted by molar-refractivity contribution is 5.95. The maximum absolute atomic E-state index is 12.0. The second-order valence-corrected chi connectivity index (χ2v) is 7.79. The average molecular weight is 429 g/mol. The van der Waals surface area contributed by atoms with Crippen LogP contribution >= 0.6 is 0 Å². The molecule has 1 heterocycles. The molecule has 4 aromatic rings. The first kappa shape index (κ1) is 21.7. The summed E-state index contributed by atoms with van der Waals surface area (Å²) in [5, 5.41) is 1.15. The van der Waals surface area contributed by atoms with Crippen molar-refractivity contribution in [3.8, 4) is 16.9 Å². The van der Waals surface area contributed by atoms with Gasteiger partial charge in [0.15, 0.2) is 0 Å². The fourth-order valence-electron chi connectivity index (χ4n) is 3.99. The Bertz CT molecular complexity index is 1240. The predicted octanol–water partition coefficient (Wildman–Crippen LogP) is 4.99. The number of hydrogen-bond donors (Lipinski definition) is 1. The summed E-state index contributed by atoms with van der Waals surface area (Å²) in [6.07, 6.45) is 2.26. The number of rotatable bonds is 8. The molecule has 3 aromatic carbocycles. The van der Waals surface area contributed by atoms with Gasteiger partial charge in [0.05, 0.1) is 18.5 Å². The van der Waals surface area contributed by atoms with Crippen LogP contribution in [0.5, 0.6) is 5.75 Å². The molecule has 1 aromatic heterocycles. The summed E-state index contributed by atoms with van der Waals surface area (Å²) in [5.41, 5.74) is 12.3. The maximum atomic E-state index is 12.0. The first-order valence-corrected chi connectivity index (χ1v) is 10.8. The fraction of sp³-hybridized carbons (Fsp3) is 0.222. The zero-order chi connectivity index (χ0) is 22.5. The van der Waals surface area contributed by atoms with E-state index in [2.05, 4.69) is 48.1 Å². The van der Waals surface area contributed by atoms with Crippen LogP contribution < -0.4 is 10.5 Å². The first-order chi connectivity index (χ1) is 15.6. The smallest absolute Gasteiger partial charge is 0.310 e. The van der Waals surface area contributed by atoms with Crippen LogP contribution in [0, 0.1) is 0 Å². The Balaban J connectivity index is 1.65. The van der Waals surface area contributed by atoms with Gasteiger partial charge in [-0.05, 0) is 53.9 Å². The predicted molar refractivity (Wildman–Crippen MR) is 127 cm³/mol. The number of carbonyl (C=O) groups excluding carboxylic acids is 1. The molecule has 5 heteroatoms. The Labute approximate surface area is 188 Å². The van der Waals surface area contributed by atoms with Gasteiger partial charge >= 0.3 is 5.97 Å². The van der Waals surface area contributed by atoms with E-state index in [1.54, 1.807) is 6.92 Å². The van der Waals surface area contributed by atoms with Gasteiger partial charge in [-0.3, -0.25) is 4.79 Å². The Morgan fingerprint density at radius 2 is 1.84 bits per heavy atom. The number of aromatic nitrogens is 1. The minimum atomic E-state index is -0.253. The quantitative estimate of drug-likeness (QED) is 0.402. The third-order valence-electron chi connectivity index (χ3n) is 5.51. The van der Waals surface area contributed by atoms with Gasteiger partial charge in [0.1, 0.15) is 12.4 Å². The monoisotopic (exact) mass is 428 g/mol. The highest BCUT2D eigenvalue weighted by Crippen LogP contribution is 2.32. The molecule has 164 valence electrons. The van der Waals surface area contributed by atoms with Crippen molar-refractivity contribution in [2.45, 2.75) is 26.5 Å². The Hall–Kier alpha value is -3.57. The van der Waals surface area contributed by atoms with Gasteiger partial charge in [-0.1, -0.05) is 36.4 Å². The van der Waals surface area contributed by atoms with E-state index in [-0.39, 0.29) is 12.4 Å². The van der Waals surface area contributed by atoms with E-state index in [9.17, 15) is 4.79 Å². The second-order valence-electron chi connectivity index (χ2n) is 7.79. The molecular weight excluding hydrogens is 400 g/mol. The number of nitrogens with two attached hydrogens (primary N) is 1. The summed E-state index contributed by atoms with van der Waals surface area (Å²) in [4.78, 5) is 12.0. The molecule has 2 N–H and O–H groups in total. The van der Waals surface area contributed by atoms with Crippen molar-refractivity contribution >= 4 is 16.9 Å². The van der Waals surface area contributed by atoms with Gasteiger partial charge < -0.3 is 19.8 Å². The lowest BCUT2D eigenvalue weighted by atomic mass is 9.98. The van der Waals surface area contributed by atoms with E-state index >= 15 is 0 Å². The van der Waals surface area contributed by atoms with E-state index < -0.39 is 0 Å². The van der Waals surface area contributed by atoms with Gasteiger partial charge in [-0.25, -0.2) is 0 Å². The van der Waals surface area contributed by atoms with Gasteiger partial charge in [0, 0.05) is 36.3 Å². The van der Waals surface area contributed by atoms with Crippen molar-refractivity contribution in [1.29, 1.82) is 0 Å². The Morgan fingerprint density at radius 3 is 2.66 bits per heavy atom. The summed E-state index contributed by atoms with van der Waals surface area (Å²) < 4.78 is 13.4. The van der Waals surface area contributed by atoms with Gasteiger partial charge in [0.2, 0.25) is 0 Å². The van der Waals surface area contributed by atoms with E-state index in [4.69, 9.17) is 15.2 Å². The van der Waals surface area contributed by atoms with Gasteiger partial charge in [0.25, 0.3) is 0 Å². The van der Waals surface area contributed by atoms with Crippen LogP contribution in [0.2, 0.25) is 0 Å². The lowest BCUT2D eigenvalue weighted by molar-refractivity contribution is -0.142. The number of hydrogen-bond acceptors (Lipinski definition) is 4. The van der Waals surface area contributed by atoms with Crippen molar-refractivity contribution < 1.29 is 14.3 Å². The number of nitrogens with zero attached hydrogens (tertiary/aromatic N) is 1. The molecule has 5 nitrogen and oxygen atoms in total. The van der Waals surface area contributed by atoms with Crippen molar-refractivity contribution in [2.75, 3.05) is 6.61 Å². The summed E-state index contributed by atoms with van der Waals surface area (Å²) in [6, 6.07) is 22.4. The van der Waals surface area contributed by atoms with Crippen molar-refractivity contribution in [2.24, 2.45) is 12.8 Å². The van der Waals surface area contributed by atoms with Crippen LogP contribution in [-0.4, -0.2) is 17.1 Å². The minimum Gasteiger partial charge on any atom is -0.489 e. The number of carbonyl (C=O) groups is 1. The number of aryl methyl sites for hydroxylation is 1. The van der Waals surface area contributed by atoms with E-state index in [0.29, 0.717) is 25.5 Å². The highest BCUT2D eigenvalue weighted by Gasteiger charge is 2.13. The Morgan fingerprint density at radius 1 is 1.00 bits per heavy atom. The van der Waals surface area contributed by atoms with Crippen LogP contribution in [0.3, 0.4) is 0 Å². The molecule has 0 atom stereocenters. The summed E-state index contributed by atoms with van der Waals surface area (Å²) in [7, 11) is 2.06. The van der Waals surface area contributed by atoms with Crippen molar-refractivity contribution in [1.82, 2.24) is 4.57 Å². The van der Waals surface area contributed by atoms with Crippen molar-refractivity contribution in [3.63, 3.8) is 0 Å². The second kappa shape index (κ2) is 9.71. The number of benzene rings is 3. The molecule has 0 amide bonds. The highest BCUT2D eigenvalue weighted by atomic mass is 16.5. The van der Waals surface area contributed by atoms with Gasteiger partial charge in [-0.2, -0.15) is 0 Å². The molecule has 0 unspecified atom stereocenters. The molecule has 0 aliphatic rings. The van der Waals surface area contributed by atoms with E-state index in [1.165, 1.54) is 5.52 Å². The summed E-state index contributed by atoms with van der Waals surface area (Å²) in [5.74, 6) is 0.441. The molecule has 0 radical (unpaired) electrons. The summed E-state index contributed by atoms with van der Waals surface area (Å²) in [6.45, 7) is 3.08. The maximum Gasteiger partial charge on any atom is 0.310 e. The third kappa shape index (κ3) is 4.68. The molecule has 32 heavy (non-hydrogen) atoms. The number of esters is 1. The number of para-hydroxylation sites is 1. The van der Waals surface area contributed by atoms with Crippen LogP contribution in [0.1, 0.15) is 23.6 Å². The lowest BCUT2D eigenvalue weighted by Gasteiger charge is -2.14. The topological polar surface area (TPSA) is 66.5 Å². The zero-order valence-corrected chi connectivity index (χ0v) is 18.5. The molecule has 0 aliphatic heterocycles. The SMILES string of the molecule is CCOC(=O)Cc1ccccc1OCc1cc(-c2cccc(CN)c2)c2c(ccn2C)c1. The van der Waals surface area contributed by atoms with E-state index in [0.717, 1.165) is 33.2 Å². The van der Waals surface area contributed by atoms with Crippen LogP contribution in [0.15, 0.2) is 72.9 Å². The zero-order valence-electron chi connectivity index (χ0n) is 18.5. The van der Waals surface area contributed by atoms with Crippen LogP contribution in [-0.2, 0) is 36.2 Å². The largest absolute Gasteiger partial charge is 0.489 e. The standard InChI is InChI=1S/C27H28N2O3/c1-3-31-26(30)16-22-8-4-5-10-25(22)32-18-20-14-23-11-12-29(2)27(23)24(15-20)21-9-6-7-19(13-21)17-28/h4-15H,3,16-18,28H2,1-2H3. The molecule has 0 bridgehead atoms. The molecule has 4 rings (SSSR count). The summed E-state index contributed by atoms with van der Waals surface area (Å²) >= 11 is 0. The molecular formula is C27H28N2O3. The fourth-order valence-corrected chi connectivity index (χ4v) is 3.99.